The summed E-state index contributed by atoms with van der Waals surface area (Å²) in [6.07, 6.45) is -0.456. The summed E-state index contributed by atoms with van der Waals surface area (Å²) in [6.45, 7) is 1.41. The van der Waals surface area contributed by atoms with Crippen LogP contribution < -0.4 is 10.6 Å². The van der Waals surface area contributed by atoms with Crippen LogP contribution in [0.15, 0.2) is 60.7 Å². The molecule has 0 bridgehead atoms. The van der Waals surface area contributed by atoms with Gasteiger partial charge in [-0.3, -0.25) is 0 Å². The lowest BCUT2D eigenvalue weighted by Crippen LogP contribution is -2.46. The van der Waals surface area contributed by atoms with Gasteiger partial charge in [0, 0.05) is 5.69 Å². The molecule has 2 saturated heterocycles. The van der Waals surface area contributed by atoms with Gasteiger partial charge in [0.15, 0.2) is 0 Å². The lowest BCUT2D eigenvalue weighted by Gasteiger charge is -2.18. The third-order valence-corrected chi connectivity index (χ3v) is 4.66. The van der Waals surface area contributed by atoms with Gasteiger partial charge in [-0.2, -0.15) is 0 Å². The molecule has 2 fully saturated rings. The largest absolute Gasteiger partial charge is 0.370 e. The third kappa shape index (κ3) is 3.88. The van der Waals surface area contributed by atoms with Gasteiger partial charge in [-0.25, -0.2) is 4.79 Å². The van der Waals surface area contributed by atoms with Gasteiger partial charge in [0.1, 0.15) is 18.3 Å². The number of urea groups is 1. The number of anilines is 1. The number of nitrogens with one attached hydrogen (secondary N) is 2. The number of carbonyl (C=O) groups is 1. The van der Waals surface area contributed by atoms with Crippen molar-refractivity contribution < 1.29 is 19.0 Å². The molecule has 6 heteroatoms. The van der Waals surface area contributed by atoms with E-state index in [9.17, 15) is 4.79 Å². The van der Waals surface area contributed by atoms with Crippen LogP contribution in [0, 0.1) is 0 Å². The number of ether oxygens (including phenoxy) is 3. The van der Waals surface area contributed by atoms with Crippen molar-refractivity contribution in [3.8, 4) is 0 Å². The first-order chi connectivity index (χ1) is 12.8. The average Bonchev–Trinajstić information content (AvgIpc) is 3.25. The lowest BCUT2D eigenvalue weighted by molar-refractivity contribution is -0.0392. The highest BCUT2D eigenvalue weighted by Gasteiger charge is 2.48. The fraction of sp³-hybridized carbons (Fsp3) is 0.350. The average molecular weight is 354 g/mol. The molecule has 0 radical (unpaired) electrons. The van der Waals surface area contributed by atoms with Crippen LogP contribution in [0.25, 0.3) is 0 Å². The second-order valence-corrected chi connectivity index (χ2v) is 6.50. The van der Waals surface area contributed by atoms with Crippen molar-refractivity contribution in [2.75, 3.05) is 18.5 Å². The SMILES string of the molecule is O=C(Nc1ccccc1)NC1COC2C(OCc3ccccc3)COC12. The molecule has 4 atom stereocenters. The molecular weight excluding hydrogens is 332 g/mol. The Morgan fingerprint density at radius 3 is 2.42 bits per heavy atom. The van der Waals surface area contributed by atoms with Crippen LogP contribution in [0.1, 0.15) is 5.56 Å². The summed E-state index contributed by atoms with van der Waals surface area (Å²) in [6, 6.07) is 18.9. The summed E-state index contributed by atoms with van der Waals surface area (Å²) >= 11 is 0. The van der Waals surface area contributed by atoms with Crippen LogP contribution in [0.4, 0.5) is 10.5 Å². The summed E-state index contributed by atoms with van der Waals surface area (Å²) in [5.41, 5.74) is 1.86. The molecule has 4 unspecified atom stereocenters. The summed E-state index contributed by atoms with van der Waals surface area (Å²) in [5.74, 6) is 0. The van der Waals surface area contributed by atoms with Gasteiger partial charge in [0.2, 0.25) is 0 Å². The number of para-hydroxylation sites is 1. The van der Waals surface area contributed by atoms with Gasteiger partial charge in [-0.1, -0.05) is 48.5 Å². The first kappa shape index (κ1) is 17.0. The Morgan fingerprint density at radius 1 is 0.962 bits per heavy atom. The first-order valence-electron chi connectivity index (χ1n) is 8.81. The van der Waals surface area contributed by atoms with E-state index in [1.807, 2.05) is 60.7 Å². The Hall–Kier alpha value is -2.41. The van der Waals surface area contributed by atoms with Crippen molar-refractivity contribution in [1.82, 2.24) is 5.32 Å². The molecule has 0 aromatic heterocycles. The molecule has 0 aliphatic carbocycles. The zero-order valence-electron chi connectivity index (χ0n) is 14.3. The van der Waals surface area contributed by atoms with Crippen molar-refractivity contribution in [2.24, 2.45) is 0 Å². The van der Waals surface area contributed by atoms with Crippen molar-refractivity contribution in [1.29, 1.82) is 0 Å². The Labute approximate surface area is 152 Å². The molecular formula is C20H22N2O4. The number of amides is 2. The van der Waals surface area contributed by atoms with E-state index < -0.39 is 0 Å². The van der Waals surface area contributed by atoms with E-state index in [0.29, 0.717) is 19.8 Å². The van der Waals surface area contributed by atoms with E-state index in [2.05, 4.69) is 10.6 Å². The van der Waals surface area contributed by atoms with Gasteiger partial charge in [0.05, 0.1) is 25.9 Å². The first-order valence-corrected chi connectivity index (χ1v) is 8.81. The lowest BCUT2D eigenvalue weighted by atomic mass is 10.1. The fourth-order valence-corrected chi connectivity index (χ4v) is 3.37. The van der Waals surface area contributed by atoms with E-state index in [1.54, 1.807) is 0 Å². The van der Waals surface area contributed by atoms with Crippen molar-refractivity contribution >= 4 is 11.7 Å². The van der Waals surface area contributed by atoms with Crippen LogP contribution >= 0.6 is 0 Å². The van der Waals surface area contributed by atoms with Gasteiger partial charge in [-0.15, -0.1) is 0 Å². The Kier molecular flexibility index (Phi) is 5.15. The van der Waals surface area contributed by atoms with E-state index >= 15 is 0 Å². The monoisotopic (exact) mass is 354 g/mol. The number of carbonyl (C=O) groups excluding carboxylic acids is 1. The van der Waals surface area contributed by atoms with E-state index in [1.165, 1.54) is 0 Å². The number of fused-ring (bicyclic) bond motifs is 1. The molecule has 2 aromatic carbocycles. The maximum Gasteiger partial charge on any atom is 0.319 e. The Balaban J connectivity index is 1.28. The maximum absolute atomic E-state index is 12.2. The number of hydrogen-bond acceptors (Lipinski definition) is 4. The van der Waals surface area contributed by atoms with E-state index in [-0.39, 0.29) is 30.4 Å². The predicted octanol–water partition coefficient (Wildman–Crippen LogP) is 2.56. The molecule has 2 aliphatic rings. The third-order valence-electron chi connectivity index (χ3n) is 4.66. The molecule has 26 heavy (non-hydrogen) atoms. The quantitative estimate of drug-likeness (QED) is 0.866. The summed E-state index contributed by atoms with van der Waals surface area (Å²) in [4.78, 5) is 12.2. The van der Waals surface area contributed by atoms with Crippen LogP contribution in [0.2, 0.25) is 0 Å². The number of benzene rings is 2. The summed E-state index contributed by atoms with van der Waals surface area (Å²) in [7, 11) is 0. The fourth-order valence-electron chi connectivity index (χ4n) is 3.37. The zero-order valence-corrected chi connectivity index (χ0v) is 14.3. The summed E-state index contributed by atoms with van der Waals surface area (Å²) in [5, 5.41) is 5.75. The molecule has 2 aliphatic heterocycles. The van der Waals surface area contributed by atoms with Crippen molar-refractivity contribution in [3.05, 3.63) is 66.2 Å². The van der Waals surface area contributed by atoms with Gasteiger partial charge < -0.3 is 24.8 Å². The van der Waals surface area contributed by atoms with Crippen LogP contribution in [0.3, 0.4) is 0 Å². The van der Waals surface area contributed by atoms with E-state index in [0.717, 1.165) is 11.3 Å². The minimum absolute atomic E-state index is 0.121. The Bertz CT molecular complexity index is 725. The van der Waals surface area contributed by atoms with Crippen molar-refractivity contribution in [2.45, 2.75) is 31.0 Å². The van der Waals surface area contributed by atoms with Crippen LogP contribution in [0.5, 0.6) is 0 Å². The zero-order chi connectivity index (χ0) is 17.8. The minimum Gasteiger partial charge on any atom is -0.370 e. The van der Waals surface area contributed by atoms with E-state index in [4.69, 9.17) is 14.2 Å². The number of rotatable bonds is 5. The highest BCUT2D eigenvalue weighted by Crippen LogP contribution is 2.29. The van der Waals surface area contributed by atoms with Gasteiger partial charge >= 0.3 is 6.03 Å². The molecule has 136 valence electrons. The minimum atomic E-state index is -0.261. The normalized spacial score (nSPS) is 27.1. The molecule has 2 aromatic rings. The molecule has 0 saturated carbocycles. The molecule has 2 N–H and O–H groups in total. The highest BCUT2D eigenvalue weighted by molar-refractivity contribution is 5.89. The Morgan fingerprint density at radius 2 is 1.65 bits per heavy atom. The van der Waals surface area contributed by atoms with Crippen LogP contribution in [-0.4, -0.2) is 43.6 Å². The molecule has 0 spiro atoms. The van der Waals surface area contributed by atoms with Crippen molar-refractivity contribution in [3.63, 3.8) is 0 Å². The number of hydrogen-bond donors (Lipinski definition) is 2. The standard InChI is InChI=1S/C20H22N2O4/c23-20(21-15-9-5-2-6-10-15)22-16-12-25-19-17(13-26-18(16)19)24-11-14-7-3-1-4-8-14/h1-10,16-19H,11-13H2,(H2,21,22,23). The van der Waals surface area contributed by atoms with Crippen LogP contribution in [-0.2, 0) is 20.8 Å². The second kappa shape index (κ2) is 7.86. The smallest absolute Gasteiger partial charge is 0.319 e. The molecule has 4 rings (SSSR count). The highest BCUT2D eigenvalue weighted by atomic mass is 16.6. The predicted molar refractivity (Wildman–Crippen MR) is 96.9 cm³/mol. The molecule has 6 nitrogen and oxygen atoms in total. The maximum atomic E-state index is 12.2. The van der Waals surface area contributed by atoms with Gasteiger partial charge in [0.25, 0.3) is 0 Å². The molecule has 2 amide bonds. The topological polar surface area (TPSA) is 68.8 Å². The van der Waals surface area contributed by atoms with Gasteiger partial charge in [-0.05, 0) is 17.7 Å². The second-order valence-electron chi connectivity index (χ2n) is 6.50. The molecule has 2 heterocycles. The summed E-state index contributed by atoms with van der Waals surface area (Å²) < 4.78 is 17.7.